The largest absolute Gasteiger partial charge is 0.478 e. The van der Waals surface area contributed by atoms with Gasteiger partial charge >= 0.3 is 17.9 Å². The van der Waals surface area contributed by atoms with E-state index in [1.165, 1.54) is 77.0 Å². The lowest BCUT2D eigenvalue weighted by atomic mass is 9.93. The topological polar surface area (TPSA) is 112 Å². The van der Waals surface area contributed by atoms with Gasteiger partial charge in [-0.2, -0.15) is 0 Å². The van der Waals surface area contributed by atoms with E-state index in [0.29, 0.717) is 41.9 Å². The van der Waals surface area contributed by atoms with Crippen LogP contribution in [0.2, 0.25) is 0 Å². The van der Waals surface area contributed by atoms with E-state index < -0.39 is 17.9 Å². The number of carboxylic acids is 3. The Morgan fingerprint density at radius 3 is 1.12 bits per heavy atom. The number of carboxylic acid groups (broad SMARTS) is 3. The Labute approximate surface area is 258 Å². The number of hydrogen-bond donors (Lipinski definition) is 3. The highest BCUT2D eigenvalue weighted by Gasteiger charge is 2.09. The fraction of sp³-hybridized carbons (Fsp3) is 0.750. The molecule has 0 aromatic heterocycles. The van der Waals surface area contributed by atoms with Crippen molar-refractivity contribution >= 4 is 17.9 Å². The summed E-state index contributed by atoms with van der Waals surface area (Å²) in [7, 11) is 0. The Balaban J connectivity index is -0.000000567. The third-order valence-electron chi connectivity index (χ3n) is 7.47. The normalized spacial score (nSPS) is 10.9. The van der Waals surface area contributed by atoms with Gasteiger partial charge in [-0.25, -0.2) is 14.4 Å². The molecule has 0 aromatic rings. The first-order valence-corrected chi connectivity index (χ1v) is 16.7. The quantitative estimate of drug-likeness (QED) is 0.0678. The second-order valence-corrected chi connectivity index (χ2v) is 11.4. The highest BCUT2D eigenvalue weighted by molar-refractivity contribution is 5.86. The van der Waals surface area contributed by atoms with Crippen LogP contribution in [0.4, 0.5) is 0 Å². The molecule has 0 fully saturated rings. The Hall–Kier alpha value is -2.37. The van der Waals surface area contributed by atoms with Gasteiger partial charge in [0.05, 0.1) is 0 Å². The standard InChI is InChI=1S/C16H30O2.C12H22O2.C8H14O2/c1-3-4-5-6-7-8-9-10-11-12-13-14-15(2)16(17)18;1-4-6-7-11(5-2)9-8-10(3)12(13)14;1-3-4-5-6-7(2)8(9)10/h2-14H2,1H3,(H,17,18);11H,3-9H2,1-2H3,(H,13,14);2-6H2,1H3,(H,9,10). The molecule has 0 heterocycles. The predicted octanol–water partition coefficient (Wildman–Crippen LogP) is 11.2. The van der Waals surface area contributed by atoms with Crippen LogP contribution in [0.1, 0.15) is 169 Å². The molecular formula is C36H66O6. The Kier molecular flexibility index (Phi) is 34.8. The zero-order chi connectivity index (χ0) is 32.6. The smallest absolute Gasteiger partial charge is 0.330 e. The molecule has 6 nitrogen and oxygen atoms in total. The lowest BCUT2D eigenvalue weighted by Crippen LogP contribution is -2.04. The lowest BCUT2D eigenvalue weighted by molar-refractivity contribution is -0.133. The van der Waals surface area contributed by atoms with E-state index >= 15 is 0 Å². The molecule has 3 N–H and O–H groups in total. The molecule has 0 radical (unpaired) electrons. The predicted molar refractivity (Wildman–Crippen MR) is 178 cm³/mol. The second kappa shape index (κ2) is 33.1. The summed E-state index contributed by atoms with van der Waals surface area (Å²) in [5, 5.41) is 25.7. The Morgan fingerprint density at radius 2 is 0.762 bits per heavy atom. The summed E-state index contributed by atoms with van der Waals surface area (Å²) >= 11 is 0. The molecule has 42 heavy (non-hydrogen) atoms. The Morgan fingerprint density at radius 1 is 0.452 bits per heavy atom. The van der Waals surface area contributed by atoms with Gasteiger partial charge in [0.1, 0.15) is 0 Å². The monoisotopic (exact) mass is 594 g/mol. The number of unbranched alkanes of at least 4 members (excludes halogenated alkanes) is 13. The molecule has 0 saturated carbocycles. The van der Waals surface area contributed by atoms with Crippen molar-refractivity contribution in [3.05, 3.63) is 36.5 Å². The van der Waals surface area contributed by atoms with Crippen LogP contribution in [0, 0.1) is 5.92 Å². The van der Waals surface area contributed by atoms with Gasteiger partial charge < -0.3 is 15.3 Å². The fourth-order valence-corrected chi connectivity index (χ4v) is 4.34. The van der Waals surface area contributed by atoms with E-state index in [4.69, 9.17) is 15.3 Å². The molecule has 0 aromatic carbocycles. The minimum Gasteiger partial charge on any atom is -0.478 e. The molecule has 0 aliphatic carbocycles. The third kappa shape index (κ3) is 33.8. The van der Waals surface area contributed by atoms with E-state index in [1.54, 1.807) is 0 Å². The van der Waals surface area contributed by atoms with Crippen LogP contribution in [0.25, 0.3) is 0 Å². The van der Waals surface area contributed by atoms with Gasteiger partial charge in [-0.3, -0.25) is 0 Å². The molecule has 0 rings (SSSR count). The first kappa shape index (κ1) is 44.1. The van der Waals surface area contributed by atoms with Crippen molar-refractivity contribution < 1.29 is 29.7 Å². The minimum absolute atomic E-state index is 0.327. The van der Waals surface area contributed by atoms with Crippen LogP contribution in [0.5, 0.6) is 0 Å². The maximum Gasteiger partial charge on any atom is 0.330 e. The van der Waals surface area contributed by atoms with Crippen molar-refractivity contribution in [3.63, 3.8) is 0 Å². The second-order valence-electron chi connectivity index (χ2n) is 11.4. The summed E-state index contributed by atoms with van der Waals surface area (Å²) in [4.78, 5) is 31.2. The van der Waals surface area contributed by atoms with Crippen molar-refractivity contribution in [2.75, 3.05) is 0 Å². The lowest BCUT2D eigenvalue weighted by Gasteiger charge is -2.13. The van der Waals surface area contributed by atoms with Gasteiger partial charge in [0.25, 0.3) is 0 Å². The van der Waals surface area contributed by atoms with Crippen LogP contribution in [-0.2, 0) is 14.4 Å². The molecule has 0 aliphatic heterocycles. The zero-order valence-electron chi connectivity index (χ0n) is 27.8. The van der Waals surface area contributed by atoms with E-state index in [-0.39, 0.29) is 0 Å². The van der Waals surface area contributed by atoms with Gasteiger partial charge in [-0.1, -0.05) is 150 Å². The number of aliphatic carboxylic acids is 3. The fourth-order valence-electron chi connectivity index (χ4n) is 4.34. The van der Waals surface area contributed by atoms with Gasteiger partial charge in [0.15, 0.2) is 0 Å². The number of carbonyl (C=O) groups is 3. The maximum atomic E-state index is 10.5. The molecule has 1 unspecified atom stereocenters. The number of hydrogen-bond acceptors (Lipinski definition) is 3. The van der Waals surface area contributed by atoms with Crippen LogP contribution >= 0.6 is 0 Å². The molecule has 0 amide bonds. The van der Waals surface area contributed by atoms with Crippen LogP contribution in [0.15, 0.2) is 36.5 Å². The molecule has 6 heteroatoms. The summed E-state index contributed by atoms with van der Waals surface area (Å²) in [6.07, 6.45) is 25.1. The average Bonchev–Trinajstić information content (AvgIpc) is 2.96. The van der Waals surface area contributed by atoms with Crippen molar-refractivity contribution in [3.8, 4) is 0 Å². The van der Waals surface area contributed by atoms with E-state index in [1.807, 2.05) is 0 Å². The molecule has 0 spiro atoms. The van der Waals surface area contributed by atoms with Gasteiger partial charge in [0, 0.05) is 16.7 Å². The highest BCUT2D eigenvalue weighted by atomic mass is 16.4. The minimum atomic E-state index is -0.865. The molecule has 0 aliphatic rings. The summed E-state index contributed by atoms with van der Waals surface area (Å²) < 4.78 is 0. The SMILES string of the molecule is C=C(CCC(CC)CCCC)C(=O)O.C=C(CCCCC)C(=O)O.C=C(CCCCCCCCCCCCC)C(=O)O. The van der Waals surface area contributed by atoms with E-state index in [9.17, 15) is 14.4 Å². The summed E-state index contributed by atoms with van der Waals surface area (Å²) in [5.41, 5.74) is 1.03. The Bertz CT molecular complexity index is 724. The first-order valence-electron chi connectivity index (χ1n) is 16.7. The molecule has 0 bridgehead atoms. The van der Waals surface area contributed by atoms with Crippen molar-refractivity contribution in [2.24, 2.45) is 5.92 Å². The molecule has 0 saturated heterocycles. The summed E-state index contributed by atoms with van der Waals surface area (Å²) in [5.74, 6) is -1.89. The summed E-state index contributed by atoms with van der Waals surface area (Å²) in [6.45, 7) is 19.2. The van der Waals surface area contributed by atoms with Crippen LogP contribution in [0.3, 0.4) is 0 Å². The summed E-state index contributed by atoms with van der Waals surface area (Å²) in [6, 6.07) is 0. The molecule has 1 atom stereocenters. The van der Waals surface area contributed by atoms with Gasteiger partial charge in [0.2, 0.25) is 0 Å². The van der Waals surface area contributed by atoms with Crippen molar-refractivity contribution in [2.45, 2.75) is 169 Å². The zero-order valence-corrected chi connectivity index (χ0v) is 27.8. The maximum absolute atomic E-state index is 10.5. The highest BCUT2D eigenvalue weighted by Crippen LogP contribution is 2.20. The van der Waals surface area contributed by atoms with E-state index in [0.717, 1.165) is 44.9 Å². The number of rotatable bonds is 26. The first-order chi connectivity index (χ1) is 20.0. The van der Waals surface area contributed by atoms with Crippen LogP contribution < -0.4 is 0 Å². The molecular weight excluding hydrogens is 528 g/mol. The van der Waals surface area contributed by atoms with Gasteiger partial charge in [-0.15, -0.1) is 0 Å². The van der Waals surface area contributed by atoms with Crippen molar-refractivity contribution in [1.82, 2.24) is 0 Å². The van der Waals surface area contributed by atoms with Gasteiger partial charge in [-0.05, 0) is 44.4 Å². The van der Waals surface area contributed by atoms with Crippen molar-refractivity contribution in [1.29, 1.82) is 0 Å². The van der Waals surface area contributed by atoms with Crippen LogP contribution in [-0.4, -0.2) is 33.2 Å². The molecule has 246 valence electrons. The third-order valence-corrected chi connectivity index (χ3v) is 7.47. The average molecular weight is 595 g/mol. The van der Waals surface area contributed by atoms with E-state index in [2.05, 4.69) is 47.4 Å².